The van der Waals surface area contributed by atoms with Crippen LogP contribution in [0.5, 0.6) is 0 Å². The van der Waals surface area contributed by atoms with Gasteiger partial charge in [0.25, 0.3) is 0 Å². The molecule has 3 rings (SSSR count). The zero-order chi connectivity index (χ0) is 14.7. The Labute approximate surface area is 129 Å². The van der Waals surface area contributed by atoms with E-state index in [0.29, 0.717) is 12.1 Å². The highest BCUT2D eigenvalue weighted by molar-refractivity contribution is 5.37. The van der Waals surface area contributed by atoms with E-state index in [9.17, 15) is 0 Å². The molecule has 2 aliphatic rings. The van der Waals surface area contributed by atoms with Crippen molar-refractivity contribution in [1.82, 2.24) is 10.2 Å². The maximum Gasteiger partial charge on any atom is 0.0484 e. The third kappa shape index (κ3) is 3.32. The maximum absolute atomic E-state index is 3.84. The largest absolute Gasteiger partial charge is 0.309 e. The van der Waals surface area contributed by atoms with Crippen molar-refractivity contribution in [3.8, 4) is 0 Å². The maximum atomic E-state index is 3.84. The van der Waals surface area contributed by atoms with Crippen molar-refractivity contribution >= 4 is 0 Å². The molecule has 2 unspecified atom stereocenters. The first-order valence-electron chi connectivity index (χ1n) is 8.92. The van der Waals surface area contributed by atoms with E-state index >= 15 is 0 Å². The average Bonchev–Trinajstić information content (AvgIpc) is 3.28. The fraction of sp³-hybridized carbons (Fsp3) is 0.684. The van der Waals surface area contributed by atoms with E-state index in [2.05, 4.69) is 48.3 Å². The van der Waals surface area contributed by atoms with E-state index in [0.717, 1.165) is 12.6 Å². The van der Waals surface area contributed by atoms with Gasteiger partial charge in [-0.2, -0.15) is 0 Å². The summed E-state index contributed by atoms with van der Waals surface area (Å²) in [6.07, 6.45) is 7.91. The number of rotatable bonds is 8. The lowest BCUT2D eigenvalue weighted by Crippen LogP contribution is -2.45. The van der Waals surface area contributed by atoms with Crippen LogP contribution in [0.15, 0.2) is 24.3 Å². The lowest BCUT2D eigenvalue weighted by Gasteiger charge is -2.34. The molecule has 0 spiro atoms. The molecule has 0 aliphatic heterocycles. The fourth-order valence-electron chi connectivity index (χ4n) is 3.79. The predicted octanol–water partition coefficient (Wildman–Crippen LogP) is 3.92. The Morgan fingerprint density at radius 2 is 1.95 bits per heavy atom. The van der Waals surface area contributed by atoms with Gasteiger partial charge in [0, 0.05) is 18.1 Å². The quantitative estimate of drug-likeness (QED) is 0.779. The van der Waals surface area contributed by atoms with Crippen LogP contribution in [0.4, 0.5) is 0 Å². The van der Waals surface area contributed by atoms with E-state index in [1.54, 1.807) is 11.1 Å². The minimum Gasteiger partial charge on any atom is -0.309 e. The van der Waals surface area contributed by atoms with Gasteiger partial charge in [-0.15, -0.1) is 0 Å². The first kappa shape index (κ1) is 15.1. The van der Waals surface area contributed by atoms with E-state index in [4.69, 9.17) is 0 Å². The molecule has 0 heterocycles. The summed E-state index contributed by atoms with van der Waals surface area (Å²) in [5, 5.41) is 3.84. The van der Waals surface area contributed by atoms with Crippen LogP contribution in [0.1, 0.15) is 63.1 Å². The number of hydrogen-bond donors (Lipinski definition) is 1. The highest BCUT2D eigenvalue weighted by atomic mass is 15.2. The summed E-state index contributed by atoms with van der Waals surface area (Å²) in [4.78, 5) is 2.83. The molecule has 0 bridgehead atoms. The van der Waals surface area contributed by atoms with Gasteiger partial charge >= 0.3 is 0 Å². The lowest BCUT2D eigenvalue weighted by atomic mass is 10.0. The molecule has 2 aliphatic carbocycles. The van der Waals surface area contributed by atoms with Crippen molar-refractivity contribution in [2.75, 3.05) is 13.1 Å². The van der Waals surface area contributed by atoms with Crippen LogP contribution in [-0.2, 0) is 6.42 Å². The molecule has 0 radical (unpaired) electrons. The van der Waals surface area contributed by atoms with E-state index in [1.807, 2.05) is 0 Å². The Morgan fingerprint density at radius 1 is 1.14 bits per heavy atom. The van der Waals surface area contributed by atoms with Crippen molar-refractivity contribution < 1.29 is 0 Å². The second-order valence-corrected chi connectivity index (χ2v) is 6.72. The third-order valence-corrected chi connectivity index (χ3v) is 5.03. The minimum atomic E-state index is 0.540. The minimum absolute atomic E-state index is 0.540. The zero-order valence-electron chi connectivity index (χ0n) is 13.6. The number of nitrogens with one attached hydrogen (secondary N) is 1. The summed E-state index contributed by atoms with van der Waals surface area (Å²) >= 11 is 0. The number of fused-ring (bicyclic) bond motifs is 1. The Kier molecular flexibility index (Phi) is 4.97. The topological polar surface area (TPSA) is 15.3 Å². The number of unbranched alkanes of at least 4 members (excludes halogenated alkanes) is 1. The Morgan fingerprint density at radius 3 is 2.67 bits per heavy atom. The summed E-state index contributed by atoms with van der Waals surface area (Å²) in [6.45, 7) is 6.98. The van der Waals surface area contributed by atoms with Crippen molar-refractivity contribution in [3.05, 3.63) is 35.4 Å². The standard InChI is InChI=1S/C19H30N2/c1-3-5-13-21(16-10-11-16)18-14-15-8-6-7-9-17(15)19(18)20-12-4-2/h6-9,16,18-20H,3-5,10-14H2,1-2H3. The average molecular weight is 286 g/mol. The Hall–Kier alpha value is -0.860. The van der Waals surface area contributed by atoms with Gasteiger partial charge in [0.15, 0.2) is 0 Å². The van der Waals surface area contributed by atoms with Crippen LogP contribution in [0, 0.1) is 0 Å². The number of hydrogen-bond acceptors (Lipinski definition) is 2. The smallest absolute Gasteiger partial charge is 0.0484 e. The molecule has 0 aromatic heterocycles. The first-order valence-corrected chi connectivity index (χ1v) is 8.92. The summed E-state index contributed by atoms with van der Waals surface area (Å²) in [6, 6.07) is 11.2. The predicted molar refractivity (Wildman–Crippen MR) is 89.6 cm³/mol. The highest BCUT2D eigenvalue weighted by Crippen LogP contribution is 2.39. The molecule has 0 saturated heterocycles. The van der Waals surface area contributed by atoms with E-state index in [1.165, 1.54) is 45.1 Å². The van der Waals surface area contributed by atoms with Gasteiger partial charge in [-0.05, 0) is 56.3 Å². The molecule has 2 nitrogen and oxygen atoms in total. The molecule has 21 heavy (non-hydrogen) atoms. The van der Waals surface area contributed by atoms with Crippen LogP contribution in [0.25, 0.3) is 0 Å². The zero-order valence-corrected chi connectivity index (χ0v) is 13.6. The van der Waals surface area contributed by atoms with Crippen molar-refractivity contribution in [2.24, 2.45) is 0 Å². The molecular weight excluding hydrogens is 256 g/mol. The van der Waals surface area contributed by atoms with Gasteiger partial charge < -0.3 is 5.32 Å². The van der Waals surface area contributed by atoms with Gasteiger partial charge in [0.1, 0.15) is 0 Å². The molecule has 1 aromatic rings. The number of nitrogens with zero attached hydrogens (tertiary/aromatic N) is 1. The van der Waals surface area contributed by atoms with Crippen LogP contribution >= 0.6 is 0 Å². The Balaban J connectivity index is 1.79. The van der Waals surface area contributed by atoms with Gasteiger partial charge in [-0.3, -0.25) is 4.90 Å². The first-order chi connectivity index (χ1) is 10.3. The summed E-state index contributed by atoms with van der Waals surface area (Å²) in [5.41, 5.74) is 3.12. The molecule has 1 aromatic carbocycles. The van der Waals surface area contributed by atoms with Crippen molar-refractivity contribution in [3.63, 3.8) is 0 Å². The second kappa shape index (κ2) is 6.93. The summed E-state index contributed by atoms with van der Waals surface area (Å²) in [5.74, 6) is 0. The van der Waals surface area contributed by atoms with Crippen LogP contribution < -0.4 is 5.32 Å². The third-order valence-electron chi connectivity index (χ3n) is 5.03. The van der Waals surface area contributed by atoms with E-state index in [-0.39, 0.29) is 0 Å². The normalized spacial score (nSPS) is 24.5. The van der Waals surface area contributed by atoms with Gasteiger partial charge in [0.05, 0.1) is 0 Å². The molecule has 1 fully saturated rings. The molecular formula is C19H30N2. The molecule has 116 valence electrons. The van der Waals surface area contributed by atoms with Gasteiger partial charge in [0.2, 0.25) is 0 Å². The second-order valence-electron chi connectivity index (χ2n) is 6.72. The van der Waals surface area contributed by atoms with Crippen molar-refractivity contribution in [2.45, 2.75) is 70.5 Å². The van der Waals surface area contributed by atoms with E-state index < -0.39 is 0 Å². The van der Waals surface area contributed by atoms with Crippen molar-refractivity contribution in [1.29, 1.82) is 0 Å². The lowest BCUT2D eigenvalue weighted by molar-refractivity contribution is 0.154. The summed E-state index contributed by atoms with van der Waals surface area (Å²) in [7, 11) is 0. The van der Waals surface area contributed by atoms with Crippen LogP contribution in [0.3, 0.4) is 0 Å². The number of benzene rings is 1. The Bertz CT molecular complexity index is 453. The molecule has 0 amide bonds. The van der Waals surface area contributed by atoms with Crippen LogP contribution in [-0.4, -0.2) is 30.1 Å². The monoisotopic (exact) mass is 286 g/mol. The van der Waals surface area contributed by atoms with Gasteiger partial charge in [-0.1, -0.05) is 44.5 Å². The molecule has 2 heteroatoms. The molecule has 2 atom stereocenters. The highest BCUT2D eigenvalue weighted by Gasteiger charge is 2.41. The molecule has 1 N–H and O–H groups in total. The van der Waals surface area contributed by atoms with Crippen LogP contribution in [0.2, 0.25) is 0 Å². The molecule has 1 saturated carbocycles. The fourth-order valence-corrected chi connectivity index (χ4v) is 3.79. The SMILES string of the molecule is CCCCN(C1CC1)C1Cc2ccccc2C1NCCC. The van der Waals surface area contributed by atoms with Gasteiger partial charge in [-0.25, -0.2) is 0 Å². The summed E-state index contributed by atoms with van der Waals surface area (Å²) < 4.78 is 0.